The Morgan fingerprint density at radius 1 is 1.36 bits per heavy atom. The molecule has 22 heavy (non-hydrogen) atoms. The quantitative estimate of drug-likeness (QED) is 0.810. The molecule has 0 amide bonds. The van der Waals surface area contributed by atoms with Crippen molar-refractivity contribution in [2.75, 3.05) is 0 Å². The van der Waals surface area contributed by atoms with Crippen LogP contribution < -0.4 is 5.43 Å². The van der Waals surface area contributed by atoms with Gasteiger partial charge in [-0.15, -0.1) is 0 Å². The van der Waals surface area contributed by atoms with E-state index in [0.29, 0.717) is 11.9 Å². The molecule has 0 aliphatic carbocycles. The summed E-state index contributed by atoms with van der Waals surface area (Å²) in [4.78, 5) is 4.63. The van der Waals surface area contributed by atoms with Gasteiger partial charge in [-0.05, 0) is 31.9 Å². The van der Waals surface area contributed by atoms with Crippen molar-refractivity contribution in [3.8, 4) is 0 Å². The number of fused-ring (bicyclic) bond motifs is 1. The maximum Gasteiger partial charge on any atom is 0.175 e. The van der Waals surface area contributed by atoms with Crippen LogP contribution in [0, 0.1) is 6.92 Å². The fraction of sp³-hybridized carbons (Fsp3) is 0.375. The Balaban J connectivity index is 2.04. The summed E-state index contributed by atoms with van der Waals surface area (Å²) in [6.45, 7) is 7.04. The molecule has 0 atom stereocenters. The highest BCUT2D eigenvalue weighted by molar-refractivity contribution is 6.01. The zero-order chi connectivity index (χ0) is 15.7. The van der Waals surface area contributed by atoms with E-state index in [1.165, 1.54) is 0 Å². The van der Waals surface area contributed by atoms with Crippen molar-refractivity contribution in [3.05, 3.63) is 46.6 Å². The number of aromatic amines is 1. The van der Waals surface area contributed by atoms with Crippen LogP contribution in [-0.2, 0) is 13.2 Å². The van der Waals surface area contributed by atoms with E-state index in [9.17, 15) is 5.11 Å². The molecule has 6 heteroatoms. The van der Waals surface area contributed by atoms with Crippen molar-refractivity contribution >= 4 is 11.7 Å². The summed E-state index contributed by atoms with van der Waals surface area (Å²) in [5, 5.41) is 18.5. The van der Waals surface area contributed by atoms with Crippen LogP contribution >= 0.6 is 0 Å². The minimum Gasteiger partial charge on any atom is -0.392 e. The van der Waals surface area contributed by atoms with Gasteiger partial charge in [0, 0.05) is 29.9 Å². The lowest BCUT2D eigenvalue weighted by Crippen LogP contribution is -2.49. The predicted octanol–water partition coefficient (Wildman–Crippen LogP) is 2.02. The van der Waals surface area contributed by atoms with Gasteiger partial charge in [-0.2, -0.15) is 5.10 Å². The van der Waals surface area contributed by atoms with Crippen molar-refractivity contribution in [1.29, 1.82) is 0 Å². The number of aliphatic hydroxyl groups excluding tert-OH is 1. The number of H-pyrrole nitrogens is 1. The first-order chi connectivity index (χ1) is 10.6. The van der Waals surface area contributed by atoms with E-state index in [2.05, 4.69) is 39.5 Å². The molecule has 0 fully saturated rings. The topological polar surface area (TPSA) is 76.5 Å². The van der Waals surface area contributed by atoms with Crippen LogP contribution in [0.1, 0.15) is 36.2 Å². The number of hydrogen-bond acceptors (Lipinski definition) is 4. The fourth-order valence-electron chi connectivity index (χ4n) is 2.50. The van der Waals surface area contributed by atoms with E-state index in [0.717, 1.165) is 34.8 Å². The molecule has 0 saturated heterocycles. The summed E-state index contributed by atoms with van der Waals surface area (Å²) >= 11 is 0. The predicted molar refractivity (Wildman–Crippen MR) is 85.7 cm³/mol. The monoisotopic (exact) mass is 299 g/mol. The lowest BCUT2D eigenvalue weighted by atomic mass is 10.0. The molecule has 1 aromatic carbocycles. The highest BCUT2D eigenvalue weighted by Crippen LogP contribution is 2.22. The molecule has 2 aromatic rings. The van der Waals surface area contributed by atoms with Gasteiger partial charge in [-0.1, -0.05) is 18.2 Å². The molecular formula is C16H21N5O. The van der Waals surface area contributed by atoms with Crippen molar-refractivity contribution in [2.45, 2.75) is 40.0 Å². The van der Waals surface area contributed by atoms with Gasteiger partial charge in [-0.25, -0.2) is 10.0 Å². The van der Waals surface area contributed by atoms with Gasteiger partial charge in [0.1, 0.15) is 0 Å². The number of aliphatic hydroxyl groups is 1. The molecule has 0 radical (unpaired) electrons. The second kappa shape index (κ2) is 5.90. The average molecular weight is 299 g/mol. The van der Waals surface area contributed by atoms with Crippen LogP contribution in [-0.4, -0.2) is 32.2 Å². The minimum absolute atomic E-state index is 0.0490. The lowest BCUT2D eigenvalue weighted by Gasteiger charge is -2.34. The van der Waals surface area contributed by atoms with E-state index in [1.54, 1.807) is 0 Å². The molecule has 3 rings (SSSR count). The number of amidine groups is 1. The Kier molecular flexibility index (Phi) is 3.96. The van der Waals surface area contributed by atoms with Gasteiger partial charge in [0.25, 0.3) is 0 Å². The Labute approximate surface area is 129 Å². The molecule has 0 bridgehead atoms. The van der Waals surface area contributed by atoms with E-state index < -0.39 is 0 Å². The van der Waals surface area contributed by atoms with Crippen LogP contribution in [0.25, 0.3) is 0 Å². The molecule has 6 nitrogen and oxygen atoms in total. The maximum atomic E-state index is 9.34. The average Bonchev–Trinajstić information content (AvgIpc) is 2.91. The van der Waals surface area contributed by atoms with Crippen molar-refractivity contribution in [2.24, 2.45) is 4.99 Å². The Morgan fingerprint density at radius 2 is 2.18 bits per heavy atom. The number of aliphatic imine (C=N–C) groups is 1. The number of aromatic nitrogens is 2. The third-order valence-corrected chi connectivity index (χ3v) is 3.74. The van der Waals surface area contributed by atoms with Gasteiger partial charge in [0.15, 0.2) is 11.7 Å². The van der Waals surface area contributed by atoms with Gasteiger partial charge in [0.05, 0.1) is 6.61 Å². The number of rotatable bonds is 3. The van der Waals surface area contributed by atoms with E-state index >= 15 is 0 Å². The maximum absolute atomic E-state index is 9.34. The molecule has 3 N–H and O–H groups in total. The van der Waals surface area contributed by atoms with Gasteiger partial charge in [-0.3, -0.25) is 5.10 Å². The van der Waals surface area contributed by atoms with Crippen LogP contribution in [0.4, 0.5) is 5.82 Å². The standard InChI is InChI=1S/C16H21N5O/c1-10(2)21-8-13-7-12(9-22)4-5-14(13)16(20-21)17-15-6-11(3)18-19-15/h4-7,10,22H,8-9H2,1-3H3,(H2,17,18,19,20). The van der Waals surface area contributed by atoms with E-state index in [-0.39, 0.29) is 6.61 Å². The first kappa shape index (κ1) is 14.7. The second-order valence-corrected chi connectivity index (χ2v) is 5.85. The summed E-state index contributed by atoms with van der Waals surface area (Å²) < 4.78 is 0. The fourth-order valence-corrected chi connectivity index (χ4v) is 2.50. The summed E-state index contributed by atoms with van der Waals surface area (Å²) in [6, 6.07) is 8.21. The summed E-state index contributed by atoms with van der Waals surface area (Å²) in [5.41, 5.74) is 7.47. The molecule has 1 aliphatic heterocycles. The zero-order valence-corrected chi connectivity index (χ0v) is 13.1. The Hall–Kier alpha value is -2.18. The summed E-state index contributed by atoms with van der Waals surface area (Å²) in [5.74, 6) is 1.44. The number of hydrogen-bond donors (Lipinski definition) is 3. The smallest absolute Gasteiger partial charge is 0.175 e. The van der Waals surface area contributed by atoms with Gasteiger partial charge in [0.2, 0.25) is 0 Å². The van der Waals surface area contributed by atoms with Crippen LogP contribution in [0.15, 0.2) is 29.3 Å². The highest BCUT2D eigenvalue weighted by atomic mass is 16.3. The number of nitrogens with zero attached hydrogens (tertiary/aromatic N) is 3. The number of benzene rings is 1. The number of hydrazine groups is 1. The summed E-state index contributed by atoms with van der Waals surface area (Å²) in [6.07, 6.45) is 0. The van der Waals surface area contributed by atoms with Crippen molar-refractivity contribution in [3.63, 3.8) is 0 Å². The molecule has 116 valence electrons. The third kappa shape index (κ3) is 2.88. The van der Waals surface area contributed by atoms with Gasteiger partial charge < -0.3 is 10.5 Å². The molecule has 1 aliphatic rings. The first-order valence-electron chi connectivity index (χ1n) is 7.44. The molecular weight excluding hydrogens is 278 g/mol. The molecule has 0 spiro atoms. The molecule has 2 heterocycles. The van der Waals surface area contributed by atoms with E-state index in [4.69, 9.17) is 0 Å². The van der Waals surface area contributed by atoms with Crippen LogP contribution in [0.2, 0.25) is 0 Å². The second-order valence-electron chi connectivity index (χ2n) is 5.85. The van der Waals surface area contributed by atoms with Crippen LogP contribution in [0.3, 0.4) is 0 Å². The van der Waals surface area contributed by atoms with Crippen LogP contribution in [0.5, 0.6) is 0 Å². The first-order valence-corrected chi connectivity index (χ1v) is 7.44. The Bertz CT molecular complexity index is 704. The van der Waals surface area contributed by atoms with E-state index in [1.807, 2.05) is 31.2 Å². The largest absolute Gasteiger partial charge is 0.392 e. The lowest BCUT2D eigenvalue weighted by molar-refractivity contribution is 0.169. The molecule has 0 saturated carbocycles. The van der Waals surface area contributed by atoms with Crippen molar-refractivity contribution in [1.82, 2.24) is 20.6 Å². The SMILES string of the molecule is Cc1cc(N=C2NN(C(C)C)Cc3cc(CO)ccc32)n[nH]1. The zero-order valence-electron chi connectivity index (χ0n) is 13.1. The number of nitrogens with one attached hydrogen (secondary N) is 2. The third-order valence-electron chi connectivity index (χ3n) is 3.74. The van der Waals surface area contributed by atoms with Crippen molar-refractivity contribution < 1.29 is 5.11 Å². The Morgan fingerprint density at radius 3 is 2.82 bits per heavy atom. The highest BCUT2D eigenvalue weighted by Gasteiger charge is 2.23. The van der Waals surface area contributed by atoms with Gasteiger partial charge >= 0.3 is 0 Å². The minimum atomic E-state index is 0.0490. The molecule has 1 aromatic heterocycles. The number of aryl methyl sites for hydroxylation is 1. The normalized spacial score (nSPS) is 16.9. The summed E-state index contributed by atoms with van der Waals surface area (Å²) in [7, 11) is 0. The molecule has 0 unspecified atom stereocenters.